The number of rotatable bonds is 4. The Kier molecular flexibility index (Phi) is 6.42. The van der Waals surface area contributed by atoms with Crippen molar-refractivity contribution in [3.05, 3.63) is 96.1 Å². The minimum Gasteiger partial charge on any atom is -0.396 e. The van der Waals surface area contributed by atoms with Crippen LogP contribution in [-0.4, -0.2) is 23.1 Å². The molecule has 0 aliphatic rings. The zero-order valence-electron chi connectivity index (χ0n) is 16.7. The van der Waals surface area contributed by atoms with Crippen molar-refractivity contribution in [3.8, 4) is 0 Å². The molecule has 0 aliphatic heterocycles. The smallest absolute Gasteiger partial charge is 0.150 e. The Bertz CT molecular complexity index is 1100. The third-order valence-electron chi connectivity index (χ3n) is 5.22. The summed E-state index contributed by atoms with van der Waals surface area (Å²) in [6.45, 7) is 3.68. The van der Waals surface area contributed by atoms with Gasteiger partial charge in [-0.25, -0.2) is 0 Å². The van der Waals surface area contributed by atoms with Crippen LogP contribution in [0.2, 0.25) is 0 Å². The molecule has 0 bridgehead atoms. The summed E-state index contributed by atoms with van der Waals surface area (Å²) in [5, 5.41) is 24.0. The monoisotopic (exact) mass is 386 g/mol. The van der Waals surface area contributed by atoms with Gasteiger partial charge in [-0.3, -0.25) is 4.79 Å². The molecule has 0 aromatic heterocycles. The van der Waals surface area contributed by atoms with Crippen LogP contribution in [0.4, 0.5) is 0 Å². The number of carbonyl (C=O) groups excluding carboxylic acids is 1. The van der Waals surface area contributed by atoms with E-state index in [4.69, 9.17) is 0 Å². The Morgan fingerprint density at radius 1 is 0.793 bits per heavy atom. The molecule has 29 heavy (non-hydrogen) atoms. The number of fused-ring (bicyclic) bond motifs is 2. The number of benzene rings is 4. The van der Waals surface area contributed by atoms with E-state index in [2.05, 4.69) is 0 Å². The maximum atomic E-state index is 10.6. The van der Waals surface area contributed by atoms with E-state index in [1.807, 2.05) is 98.8 Å². The molecule has 4 rings (SSSR count). The predicted octanol–water partition coefficient (Wildman–Crippen LogP) is 5.54. The van der Waals surface area contributed by atoms with Gasteiger partial charge < -0.3 is 10.2 Å². The van der Waals surface area contributed by atoms with Crippen LogP contribution in [0.1, 0.15) is 35.9 Å². The average Bonchev–Trinajstić information content (AvgIpc) is 2.78. The number of aliphatic hydroxyl groups is 2. The zero-order valence-corrected chi connectivity index (χ0v) is 16.7. The van der Waals surface area contributed by atoms with Gasteiger partial charge in [0.05, 0.1) is 12.7 Å². The number of aliphatic hydroxyl groups excluding tert-OH is 2. The first-order chi connectivity index (χ1) is 14.0. The van der Waals surface area contributed by atoms with E-state index >= 15 is 0 Å². The van der Waals surface area contributed by atoms with Crippen molar-refractivity contribution < 1.29 is 15.0 Å². The lowest BCUT2D eigenvalue weighted by Crippen LogP contribution is -2.26. The first-order valence-electron chi connectivity index (χ1n) is 9.67. The van der Waals surface area contributed by atoms with Gasteiger partial charge in [-0.05, 0) is 27.1 Å². The summed E-state index contributed by atoms with van der Waals surface area (Å²) in [6, 6.07) is 27.5. The summed E-state index contributed by atoms with van der Waals surface area (Å²) in [6.07, 6.45) is 0.223. The highest BCUT2D eigenvalue weighted by Gasteiger charge is 2.29. The van der Waals surface area contributed by atoms with Crippen molar-refractivity contribution in [2.24, 2.45) is 5.41 Å². The Morgan fingerprint density at radius 3 is 1.93 bits per heavy atom. The largest absolute Gasteiger partial charge is 0.396 e. The van der Waals surface area contributed by atoms with Gasteiger partial charge in [0.2, 0.25) is 0 Å². The van der Waals surface area contributed by atoms with Crippen molar-refractivity contribution >= 4 is 27.8 Å². The third kappa shape index (κ3) is 4.53. The molecular formula is C26H26O3. The zero-order chi connectivity index (χ0) is 20.9. The van der Waals surface area contributed by atoms with Gasteiger partial charge in [0, 0.05) is 11.0 Å². The van der Waals surface area contributed by atoms with Crippen LogP contribution in [0, 0.1) is 5.41 Å². The predicted molar refractivity (Wildman–Crippen MR) is 119 cm³/mol. The molecule has 0 saturated carbocycles. The molecule has 1 unspecified atom stereocenters. The van der Waals surface area contributed by atoms with E-state index in [0.717, 1.165) is 39.0 Å². The highest BCUT2D eigenvalue weighted by atomic mass is 16.3. The maximum Gasteiger partial charge on any atom is 0.150 e. The number of carbonyl (C=O) groups is 1. The number of hydrogen-bond donors (Lipinski definition) is 2. The molecule has 0 amide bonds. The fourth-order valence-electron chi connectivity index (χ4n) is 3.35. The Morgan fingerprint density at radius 2 is 1.31 bits per heavy atom. The van der Waals surface area contributed by atoms with Gasteiger partial charge in [-0.15, -0.1) is 0 Å². The highest BCUT2D eigenvalue weighted by Crippen LogP contribution is 2.36. The first kappa shape index (κ1) is 20.7. The second-order valence-electron chi connectivity index (χ2n) is 7.80. The molecule has 4 aromatic carbocycles. The van der Waals surface area contributed by atoms with Gasteiger partial charge in [-0.2, -0.15) is 0 Å². The molecule has 1 atom stereocenters. The topological polar surface area (TPSA) is 57.5 Å². The van der Waals surface area contributed by atoms with E-state index in [9.17, 15) is 15.0 Å². The SMILES string of the molecule is CC(C)(CO)C(O)c1cccc2ccccc12.O=Cc1cccc2ccccc12. The van der Waals surface area contributed by atoms with Crippen LogP contribution < -0.4 is 0 Å². The Hall–Kier alpha value is -3.01. The lowest BCUT2D eigenvalue weighted by molar-refractivity contribution is 0.00730. The summed E-state index contributed by atoms with van der Waals surface area (Å²) >= 11 is 0. The lowest BCUT2D eigenvalue weighted by atomic mass is 9.82. The summed E-state index contributed by atoms with van der Waals surface area (Å²) in [5.41, 5.74) is 1.10. The van der Waals surface area contributed by atoms with Gasteiger partial charge in [0.25, 0.3) is 0 Å². The van der Waals surface area contributed by atoms with Crippen LogP contribution in [-0.2, 0) is 0 Å². The molecule has 0 aliphatic carbocycles. The Balaban J connectivity index is 0.000000176. The first-order valence-corrected chi connectivity index (χ1v) is 9.67. The number of aldehydes is 1. The third-order valence-corrected chi connectivity index (χ3v) is 5.22. The molecule has 148 valence electrons. The van der Waals surface area contributed by atoms with E-state index in [1.165, 1.54) is 0 Å². The van der Waals surface area contributed by atoms with Crippen molar-refractivity contribution in [3.63, 3.8) is 0 Å². The van der Waals surface area contributed by atoms with E-state index in [0.29, 0.717) is 0 Å². The summed E-state index contributed by atoms with van der Waals surface area (Å²) in [5.74, 6) is 0. The van der Waals surface area contributed by atoms with E-state index < -0.39 is 11.5 Å². The second kappa shape index (κ2) is 8.99. The summed E-state index contributed by atoms with van der Waals surface area (Å²) in [4.78, 5) is 10.6. The molecule has 0 saturated heterocycles. The number of hydrogen-bond acceptors (Lipinski definition) is 3. The minimum absolute atomic E-state index is 0.0443. The molecule has 3 nitrogen and oxygen atoms in total. The molecule has 2 N–H and O–H groups in total. The van der Waals surface area contributed by atoms with Crippen LogP contribution in [0.25, 0.3) is 21.5 Å². The van der Waals surface area contributed by atoms with Crippen LogP contribution in [0.5, 0.6) is 0 Å². The van der Waals surface area contributed by atoms with Gasteiger partial charge in [-0.1, -0.05) is 98.8 Å². The normalized spacial score (nSPS) is 12.3. The molecule has 0 spiro atoms. The van der Waals surface area contributed by atoms with Crippen molar-refractivity contribution in [2.45, 2.75) is 20.0 Å². The van der Waals surface area contributed by atoms with Crippen LogP contribution in [0.3, 0.4) is 0 Å². The van der Waals surface area contributed by atoms with Gasteiger partial charge >= 0.3 is 0 Å². The summed E-state index contributed by atoms with van der Waals surface area (Å²) < 4.78 is 0. The quantitative estimate of drug-likeness (QED) is 0.453. The second-order valence-corrected chi connectivity index (χ2v) is 7.80. The van der Waals surface area contributed by atoms with Crippen molar-refractivity contribution in [1.29, 1.82) is 0 Å². The molecule has 3 heteroatoms. The highest BCUT2D eigenvalue weighted by molar-refractivity contribution is 5.97. The Labute approximate surface area is 171 Å². The van der Waals surface area contributed by atoms with E-state index in [1.54, 1.807) is 0 Å². The van der Waals surface area contributed by atoms with Crippen molar-refractivity contribution in [2.75, 3.05) is 6.61 Å². The van der Waals surface area contributed by atoms with E-state index in [-0.39, 0.29) is 6.61 Å². The standard InChI is InChI=1S/C15H18O2.C11H8O/c1-15(2,10-16)14(17)13-9-5-7-11-6-3-4-8-12(11)13;12-8-10-6-3-5-9-4-1-2-7-11(9)10/h3-9,14,16-17H,10H2,1-2H3;1-8H. The maximum absolute atomic E-state index is 10.6. The molecule has 0 radical (unpaired) electrons. The molecule has 0 heterocycles. The molecular weight excluding hydrogens is 360 g/mol. The van der Waals surface area contributed by atoms with Gasteiger partial charge in [0.1, 0.15) is 0 Å². The average molecular weight is 386 g/mol. The molecule has 0 fully saturated rings. The molecule has 4 aromatic rings. The fourth-order valence-corrected chi connectivity index (χ4v) is 3.35. The lowest BCUT2D eigenvalue weighted by Gasteiger charge is -2.29. The van der Waals surface area contributed by atoms with Crippen LogP contribution >= 0.6 is 0 Å². The summed E-state index contributed by atoms with van der Waals surface area (Å²) in [7, 11) is 0. The minimum atomic E-state index is -0.668. The van der Waals surface area contributed by atoms with Crippen molar-refractivity contribution in [1.82, 2.24) is 0 Å². The van der Waals surface area contributed by atoms with Crippen LogP contribution in [0.15, 0.2) is 84.9 Å². The van der Waals surface area contributed by atoms with Gasteiger partial charge in [0.15, 0.2) is 6.29 Å². The fraction of sp³-hybridized carbons (Fsp3) is 0.192.